The summed E-state index contributed by atoms with van der Waals surface area (Å²) < 4.78 is 4.81. The molecule has 92 valence electrons. The topological polar surface area (TPSA) is 78.9 Å². The van der Waals surface area contributed by atoms with Gasteiger partial charge in [-0.05, 0) is 19.3 Å². The molecule has 0 spiro atoms. The Morgan fingerprint density at radius 1 is 1.50 bits per heavy atom. The molecule has 1 saturated heterocycles. The Balaban J connectivity index is 2.59. The largest absolute Gasteiger partial charge is 0.447 e. The zero-order valence-corrected chi connectivity index (χ0v) is 9.44. The standard InChI is InChI=1S/C10H18N2O4/c1-11-9(14)8-4-2-3-5-12(8)10(15)16-7-6-13/h8,13H,2-7H2,1H3,(H,11,14). The first kappa shape index (κ1) is 12.8. The monoisotopic (exact) mass is 230 g/mol. The maximum Gasteiger partial charge on any atom is 0.410 e. The van der Waals surface area contributed by atoms with Crippen molar-refractivity contribution < 1.29 is 19.4 Å². The molecule has 0 bridgehead atoms. The predicted octanol–water partition coefficient (Wildman–Crippen LogP) is -0.284. The van der Waals surface area contributed by atoms with Crippen LogP contribution < -0.4 is 5.32 Å². The van der Waals surface area contributed by atoms with Gasteiger partial charge in [0.1, 0.15) is 12.6 Å². The smallest absolute Gasteiger partial charge is 0.410 e. The fourth-order valence-electron chi connectivity index (χ4n) is 1.81. The van der Waals surface area contributed by atoms with Gasteiger partial charge in [-0.1, -0.05) is 0 Å². The Morgan fingerprint density at radius 3 is 2.88 bits per heavy atom. The molecule has 0 radical (unpaired) electrons. The van der Waals surface area contributed by atoms with Crippen molar-refractivity contribution in [3.05, 3.63) is 0 Å². The highest BCUT2D eigenvalue weighted by Crippen LogP contribution is 2.17. The first-order valence-corrected chi connectivity index (χ1v) is 5.46. The van der Waals surface area contributed by atoms with Gasteiger partial charge in [0.15, 0.2) is 0 Å². The van der Waals surface area contributed by atoms with Crippen molar-refractivity contribution >= 4 is 12.0 Å². The lowest BCUT2D eigenvalue weighted by atomic mass is 10.0. The van der Waals surface area contributed by atoms with E-state index in [1.54, 1.807) is 7.05 Å². The third-order valence-corrected chi connectivity index (χ3v) is 2.60. The van der Waals surface area contributed by atoms with Crippen molar-refractivity contribution in [2.24, 2.45) is 0 Å². The van der Waals surface area contributed by atoms with E-state index in [-0.39, 0.29) is 19.1 Å². The molecule has 0 aliphatic carbocycles. The van der Waals surface area contributed by atoms with Crippen LogP contribution in [-0.2, 0) is 9.53 Å². The average molecular weight is 230 g/mol. The Hall–Kier alpha value is -1.30. The van der Waals surface area contributed by atoms with Crippen LogP contribution in [0.4, 0.5) is 4.79 Å². The highest BCUT2D eigenvalue weighted by Gasteiger charge is 2.32. The van der Waals surface area contributed by atoms with Gasteiger partial charge in [-0.3, -0.25) is 9.69 Å². The van der Waals surface area contributed by atoms with Gasteiger partial charge < -0.3 is 15.2 Å². The Labute approximate surface area is 94.6 Å². The van der Waals surface area contributed by atoms with Crippen LogP contribution in [0.15, 0.2) is 0 Å². The molecule has 1 unspecified atom stereocenters. The van der Waals surface area contributed by atoms with Crippen molar-refractivity contribution in [1.29, 1.82) is 0 Å². The van der Waals surface area contributed by atoms with E-state index in [0.717, 1.165) is 12.8 Å². The van der Waals surface area contributed by atoms with Gasteiger partial charge in [0, 0.05) is 13.6 Å². The van der Waals surface area contributed by atoms with Crippen LogP contribution in [0.1, 0.15) is 19.3 Å². The van der Waals surface area contributed by atoms with E-state index in [9.17, 15) is 9.59 Å². The van der Waals surface area contributed by atoms with E-state index >= 15 is 0 Å². The fourth-order valence-corrected chi connectivity index (χ4v) is 1.81. The number of aliphatic hydroxyl groups is 1. The second-order valence-corrected chi connectivity index (χ2v) is 3.66. The number of likely N-dealkylation sites (tertiary alicyclic amines) is 1. The van der Waals surface area contributed by atoms with Crippen molar-refractivity contribution in [2.75, 3.05) is 26.8 Å². The molecule has 0 saturated carbocycles. The van der Waals surface area contributed by atoms with E-state index in [0.29, 0.717) is 13.0 Å². The molecule has 1 rings (SSSR count). The Kier molecular flexibility index (Phi) is 5.04. The minimum absolute atomic E-state index is 0.0319. The summed E-state index contributed by atoms with van der Waals surface area (Å²) >= 11 is 0. The summed E-state index contributed by atoms with van der Waals surface area (Å²) in [5, 5.41) is 11.1. The summed E-state index contributed by atoms with van der Waals surface area (Å²) in [6, 6.07) is -0.440. The van der Waals surface area contributed by atoms with Gasteiger partial charge in [-0.25, -0.2) is 4.79 Å². The van der Waals surface area contributed by atoms with Crippen molar-refractivity contribution in [2.45, 2.75) is 25.3 Å². The van der Waals surface area contributed by atoms with E-state index in [4.69, 9.17) is 9.84 Å². The molecule has 1 heterocycles. The third kappa shape index (κ3) is 3.10. The summed E-state index contributed by atoms with van der Waals surface area (Å²) in [4.78, 5) is 24.6. The highest BCUT2D eigenvalue weighted by molar-refractivity contribution is 5.85. The highest BCUT2D eigenvalue weighted by atomic mass is 16.6. The number of nitrogens with zero attached hydrogens (tertiary/aromatic N) is 1. The molecule has 6 nitrogen and oxygen atoms in total. The third-order valence-electron chi connectivity index (χ3n) is 2.60. The summed E-state index contributed by atoms with van der Waals surface area (Å²) in [6.07, 6.45) is 1.94. The fraction of sp³-hybridized carbons (Fsp3) is 0.800. The van der Waals surface area contributed by atoms with E-state index in [2.05, 4.69) is 5.32 Å². The Morgan fingerprint density at radius 2 is 2.25 bits per heavy atom. The molecule has 1 aliphatic heterocycles. The quantitative estimate of drug-likeness (QED) is 0.698. The van der Waals surface area contributed by atoms with Gasteiger partial charge >= 0.3 is 6.09 Å². The number of ether oxygens (including phenoxy) is 1. The number of amides is 2. The molecule has 0 aromatic heterocycles. The number of hydrogen-bond donors (Lipinski definition) is 2. The zero-order chi connectivity index (χ0) is 12.0. The molecule has 0 aromatic rings. The number of hydrogen-bond acceptors (Lipinski definition) is 4. The van der Waals surface area contributed by atoms with Gasteiger partial charge in [0.25, 0.3) is 0 Å². The van der Waals surface area contributed by atoms with Crippen LogP contribution in [0.2, 0.25) is 0 Å². The van der Waals surface area contributed by atoms with Gasteiger partial charge in [0.05, 0.1) is 6.61 Å². The molecule has 1 aliphatic rings. The molecule has 1 atom stereocenters. The minimum Gasteiger partial charge on any atom is -0.447 e. The number of carbonyl (C=O) groups excluding carboxylic acids is 2. The second kappa shape index (κ2) is 6.32. The van der Waals surface area contributed by atoms with E-state index in [1.807, 2.05) is 0 Å². The number of carbonyl (C=O) groups is 2. The van der Waals surface area contributed by atoms with Crippen LogP contribution >= 0.6 is 0 Å². The lowest BCUT2D eigenvalue weighted by molar-refractivity contribution is -0.126. The molecule has 0 aromatic carbocycles. The first-order valence-electron chi connectivity index (χ1n) is 5.46. The summed E-state index contributed by atoms with van der Waals surface area (Å²) in [5.41, 5.74) is 0. The minimum atomic E-state index is -0.526. The Bertz CT molecular complexity index is 257. The molecule has 1 fully saturated rings. The zero-order valence-electron chi connectivity index (χ0n) is 9.44. The van der Waals surface area contributed by atoms with E-state index < -0.39 is 12.1 Å². The second-order valence-electron chi connectivity index (χ2n) is 3.66. The number of likely N-dealkylation sites (N-methyl/N-ethyl adjacent to an activating group) is 1. The van der Waals surface area contributed by atoms with Gasteiger partial charge in [0.2, 0.25) is 5.91 Å². The maximum atomic E-state index is 11.6. The predicted molar refractivity (Wildman–Crippen MR) is 56.8 cm³/mol. The van der Waals surface area contributed by atoms with Gasteiger partial charge in [-0.2, -0.15) is 0 Å². The van der Waals surface area contributed by atoms with Crippen molar-refractivity contribution in [3.8, 4) is 0 Å². The molecule has 2 amide bonds. The summed E-state index contributed by atoms with van der Waals surface area (Å²) in [5.74, 6) is -0.166. The van der Waals surface area contributed by atoms with E-state index in [1.165, 1.54) is 4.90 Å². The van der Waals surface area contributed by atoms with Gasteiger partial charge in [-0.15, -0.1) is 0 Å². The van der Waals surface area contributed by atoms with Crippen LogP contribution in [0, 0.1) is 0 Å². The van der Waals surface area contributed by atoms with Crippen LogP contribution in [0.5, 0.6) is 0 Å². The molecule has 16 heavy (non-hydrogen) atoms. The van der Waals surface area contributed by atoms with Crippen LogP contribution in [0.25, 0.3) is 0 Å². The molecule has 2 N–H and O–H groups in total. The number of aliphatic hydroxyl groups excluding tert-OH is 1. The maximum absolute atomic E-state index is 11.6. The number of piperidine rings is 1. The first-order chi connectivity index (χ1) is 7.70. The van der Waals surface area contributed by atoms with Crippen molar-refractivity contribution in [1.82, 2.24) is 10.2 Å². The molecular weight excluding hydrogens is 212 g/mol. The number of rotatable bonds is 3. The lowest BCUT2D eigenvalue weighted by Gasteiger charge is -2.33. The normalized spacial score (nSPS) is 20.4. The van der Waals surface area contributed by atoms with Crippen LogP contribution in [-0.4, -0.2) is 54.9 Å². The van der Waals surface area contributed by atoms with Crippen LogP contribution in [0.3, 0.4) is 0 Å². The number of nitrogens with one attached hydrogen (secondary N) is 1. The summed E-state index contributed by atoms with van der Waals surface area (Å²) in [6.45, 7) is 0.294. The summed E-state index contributed by atoms with van der Waals surface area (Å²) in [7, 11) is 1.55. The SMILES string of the molecule is CNC(=O)C1CCCCN1C(=O)OCCO. The molecular formula is C10H18N2O4. The van der Waals surface area contributed by atoms with Crippen molar-refractivity contribution in [3.63, 3.8) is 0 Å². The molecule has 6 heteroatoms. The lowest BCUT2D eigenvalue weighted by Crippen LogP contribution is -2.51. The average Bonchev–Trinajstić information content (AvgIpc) is 2.35.